The number of anilines is 1. The Morgan fingerprint density at radius 3 is 1.41 bits per heavy atom. The van der Waals surface area contributed by atoms with Gasteiger partial charge in [0.05, 0.1) is 42.3 Å². The van der Waals surface area contributed by atoms with Crippen LogP contribution in [0, 0.1) is 55.4 Å². The third-order valence-corrected chi connectivity index (χ3v) is 23.1. The Hall–Kier alpha value is -6.18. The molecule has 2 aliphatic carbocycles. The summed E-state index contributed by atoms with van der Waals surface area (Å²) in [6, 6.07) is 11.8. The SMILES string of the molecule is Cc1sc(C)c(C(OC(C)(C)C)C(=O)O)c1-c1ccc2c(c1)NC(=O)CO2.Cc1sc(C)c(C(OC(C)(C)C)C(=O)O)c1C1=CCC2(CC1)OCCO2.Cc1sc(C)c(C(OC(C)(C)C)C(=O)O)c1C1=CCCCCC1.Cc1sc(C)c(C(SC(C)(C)C)C(=O)O)c1-c1ccc2c(c1)CCCO2. The van der Waals surface area contributed by atoms with E-state index < -0.39 is 70.0 Å². The average Bonchev–Trinajstić information content (AvgIpc) is 1.41. The molecule has 0 bridgehead atoms. The van der Waals surface area contributed by atoms with Gasteiger partial charge in [-0.05, 0) is 231 Å². The smallest absolute Gasteiger partial charge is 0.337 e. The van der Waals surface area contributed by atoms with Crippen LogP contribution in [0.1, 0.15) is 242 Å². The summed E-state index contributed by atoms with van der Waals surface area (Å²) in [5.74, 6) is -2.77. The molecule has 6 aromatic rings. The van der Waals surface area contributed by atoms with E-state index in [0.29, 0.717) is 36.6 Å². The van der Waals surface area contributed by atoms with Gasteiger partial charge in [0.1, 0.15) is 16.7 Å². The van der Waals surface area contributed by atoms with Crippen molar-refractivity contribution in [1.29, 1.82) is 0 Å². The molecule has 1 saturated heterocycles. The van der Waals surface area contributed by atoms with Crippen molar-refractivity contribution in [3.63, 3.8) is 0 Å². The number of aliphatic carboxylic acids is 4. The fraction of sp³-hybridized carbons (Fsp3) is 0.537. The zero-order chi connectivity index (χ0) is 75.3. The van der Waals surface area contributed by atoms with Crippen molar-refractivity contribution in [2.45, 2.75) is 254 Å². The fourth-order valence-corrected chi connectivity index (χ4v) is 19.5. The third kappa shape index (κ3) is 20.7. The number of hydrogen-bond acceptors (Lipinski definition) is 17. The standard InChI is InChI=1S/C21H26O3S2.C20H23NO5S.C20H28O5S.C19H28O3S/c1-12-17(15-8-9-16-14(11-15)7-6-10-24-16)18(13(2)25-12)19(20(22)23)26-21(3,4)5;1-10-16(12-6-7-14-13(8-12)21-15(22)9-25-14)17(11(2)27-10)18(19(23)24)26-20(3,4)5;1-12-15(14-6-8-20(9-7-14)23-10-11-24-20)16(13(2)26-12)17(18(21)22)25-19(3,4)5;1-12-15(14-10-8-6-7-9-11-14)16(13(2)23-12)17(18(20)21)22-19(3,4)5/h8-9,11,19H,6-7,10H2,1-5H3,(H,22,23);6-8,18H,9H2,1-5H3,(H,21,22)(H,23,24);6,17H,7-11H2,1-5H3,(H,21,22);10,17H,6-9,11H2,1-5H3,(H,20,21). The van der Waals surface area contributed by atoms with Crippen molar-refractivity contribution in [3.05, 3.63) is 127 Å². The van der Waals surface area contributed by atoms with Crippen LogP contribution in [-0.4, -0.2) is 104 Å². The molecule has 556 valence electrons. The fourth-order valence-electron chi connectivity index (χ4n) is 13.7. The number of amides is 1. The second kappa shape index (κ2) is 33.5. The van der Waals surface area contributed by atoms with Gasteiger partial charge < -0.3 is 58.9 Å². The molecule has 11 rings (SSSR count). The number of carbonyl (C=O) groups is 5. The Labute approximate surface area is 622 Å². The summed E-state index contributed by atoms with van der Waals surface area (Å²) in [5.41, 5.74) is 11.9. The van der Waals surface area contributed by atoms with E-state index >= 15 is 0 Å². The lowest BCUT2D eigenvalue weighted by Gasteiger charge is -2.32. The molecule has 1 spiro atoms. The molecule has 0 saturated carbocycles. The molecule has 7 heterocycles. The zero-order valence-electron chi connectivity index (χ0n) is 63.1. The van der Waals surface area contributed by atoms with E-state index in [4.69, 9.17) is 33.2 Å². The van der Waals surface area contributed by atoms with Gasteiger partial charge in [-0.25, -0.2) is 14.4 Å². The van der Waals surface area contributed by atoms with Crippen molar-refractivity contribution in [1.82, 2.24) is 0 Å². The molecule has 102 heavy (non-hydrogen) atoms. The van der Waals surface area contributed by atoms with Crippen LogP contribution in [0.5, 0.6) is 11.5 Å². The van der Waals surface area contributed by atoms with Crippen LogP contribution in [0.15, 0.2) is 48.6 Å². The number of ether oxygens (including phenoxy) is 7. The second-order valence-corrected chi connectivity index (χ2v) is 38.1. The Morgan fingerprint density at radius 1 is 0.500 bits per heavy atom. The maximum atomic E-state index is 12.1. The molecule has 4 atom stereocenters. The number of aryl methyl sites for hydroxylation is 9. The van der Waals surface area contributed by atoms with Gasteiger partial charge in [-0.1, -0.05) is 51.5 Å². The monoisotopic (exact) mass is 1500 g/mol. The second-order valence-electron chi connectivity index (χ2n) is 30.5. The molecule has 0 radical (unpaired) electrons. The van der Waals surface area contributed by atoms with E-state index in [1.165, 1.54) is 68.8 Å². The lowest BCUT2D eigenvalue weighted by Crippen LogP contribution is -2.32. The van der Waals surface area contributed by atoms with E-state index in [1.807, 2.05) is 115 Å². The summed E-state index contributed by atoms with van der Waals surface area (Å²) in [6.07, 6.45) is 11.6. The maximum Gasteiger partial charge on any atom is 0.337 e. The number of carboxylic acid groups (broad SMARTS) is 4. The van der Waals surface area contributed by atoms with Gasteiger partial charge in [-0.3, -0.25) is 9.59 Å². The molecule has 17 nitrogen and oxygen atoms in total. The van der Waals surface area contributed by atoms with Crippen LogP contribution in [-0.2, 0) is 54.1 Å². The highest BCUT2D eigenvalue weighted by molar-refractivity contribution is 8.01. The first-order valence-electron chi connectivity index (χ1n) is 35.1. The minimum absolute atomic E-state index is 0.00526. The van der Waals surface area contributed by atoms with E-state index in [0.717, 1.165) is 130 Å². The number of rotatable bonds is 16. The Kier molecular flexibility index (Phi) is 26.8. The number of benzene rings is 2. The Morgan fingerprint density at radius 2 is 0.951 bits per heavy atom. The van der Waals surface area contributed by atoms with Crippen LogP contribution < -0.4 is 14.8 Å². The van der Waals surface area contributed by atoms with E-state index in [2.05, 4.69) is 71.1 Å². The molecular weight excluding hydrogens is 1390 g/mol. The van der Waals surface area contributed by atoms with Gasteiger partial charge in [-0.15, -0.1) is 57.1 Å². The molecule has 2 aromatic carbocycles. The number of nitrogens with one attached hydrogen (secondary N) is 1. The third-order valence-electron chi connectivity index (χ3n) is 17.6. The van der Waals surface area contributed by atoms with Crippen molar-refractivity contribution >= 4 is 104 Å². The van der Waals surface area contributed by atoms with Crippen molar-refractivity contribution in [3.8, 4) is 33.8 Å². The molecule has 1 amide bonds. The number of thiophene rings is 4. The summed E-state index contributed by atoms with van der Waals surface area (Å²) in [6.45, 7) is 41.3. The van der Waals surface area contributed by atoms with Crippen molar-refractivity contribution < 1.29 is 77.6 Å². The van der Waals surface area contributed by atoms with Gasteiger partial charge >= 0.3 is 23.9 Å². The molecule has 5 N–H and O–H groups in total. The predicted octanol–water partition coefficient (Wildman–Crippen LogP) is 20.6. The zero-order valence-corrected chi connectivity index (χ0v) is 67.1. The quantitative estimate of drug-likeness (QED) is 0.0605. The van der Waals surface area contributed by atoms with Gasteiger partial charge in [-0.2, -0.15) is 0 Å². The first kappa shape index (κ1) is 81.5. The normalized spacial score (nSPS) is 17.2. The van der Waals surface area contributed by atoms with Gasteiger partial charge in [0.2, 0.25) is 0 Å². The van der Waals surface area contributed by atoms with E-state index in [9.17, 15) is 44.4 Å². The summed E-state index contributed by atoms with van der Waals surface area (Å²) in [4.78, 5) is 68.2. The van der Waals surface area contributed by atoms with Crippen LogP contribution in [0.3, 0.4) is 0 Å². The topological polar surface area (TPSA) is 243 Å². The highest BCUT2D eigenvalue weighted by Gasteiger charge is 2.41. The average molecular weight is 1500 g/mol. The maximum absolute atomic E-state index is 12.1. The van der Waals surface area contributed by atoms with Crippen LogP contribution >= 0.6 is 57.1 Å². The predicted molar refractivity (Wildman–Crippen MR) is 413 cm³/mol. The Balaban J connectivity index is 0.000000173. The minimum atomic E-state index is -1.08. The van der Waals surface area contributed by atoms with E-state index in [-0.39, 0.29) is 17.3 Å². The highest BCUT2D eigenvalue weighted by atomic mass is 32.2. The minimum Gasteiger partial charge on any atom is -0.493 e. The van der Waals surface area contributed by atoms with Crippen molar-refractivity contribution in [2.75, 3.05) is 31.7 Å². The van der Waals surface area contributed by atoms with E-state index in [1.54, 1.807) is 40.1 Å². The van der Waals surface area contributed by atoms with Crippen LogP contribution in [0.25, 0.3) is 33.4 Å². The lowest BCUT2D eigenvalue weighted by atomic mass is 9.86. The number of carbonyl (C=O) groups excluding carboxylic acids is 1. The van der Waals surface area contributed by atoms with Crippen LogP contribution in [0.2, 0.25) is 0 Å². The lowest BCUT2D eigenvalue weighted by molar-refractivity contribution is -0.161. The largest absolute Gasteiger partial charge is 0.493 e. The molecule has 3 aliphatic heterocycles. The molecule has 4 unspecified atom stereocenters. The molecular formula is C80H105NO16S5. The molecule has 1 fully saturated rings. The number of carboxylic acids is 4. The van der Waals surface area contributed by atoms with Gasteiger partial charge in [0.25, 0.3) is 5.91 Å². The molecule has 22 heteroatoms. The van der Waals surface area contributed by atoms with Gasteiger partial charge in [0, 0.05) is 84.4 Å². The number of thioether (sulfide) groups is 1. The van der Waals surface area contributed by atoms with Crippen LogP contribution in [0.4, 0.5) is 5.69 Å². The number of fused-ring (bicyclic) bond motifs is 2. The summed E-state index contributed by atoms with van der Waals surface area (Å²) >= 11 is 8.06. The highest BCUT2D eigenvalue weighted by Crippen LogP contribution is 2.51. The van der Waals surface area contributed by atoms with Crippen molar-refractivity contribution in [2.24, 2.45) is 0 Å². The van der Waals surface area contributed by atoms with Gasteiger partial charge in [0.15, 0.2) is 30.7 Å². The molecule has 5 aliphatic rings. The molecule has 4 aromatic heterocycles. The number of allylic oxidation sites excluding steroid dienone is 3. The summed E-state index contributed by atoms with van der Waals surface area (Å²) < 4.78 is 40.4. The Bertz CT molecular complexity index is 4110. The first-order chi connectivity index (χ1) is 47.6. The summed E-state index contributed by atoms with van der Waals surface area (Å²) in [5, 5.41) is 41.6. The number of hydrogen-bond donors (Lipinski definition) is 5. The first-order valence-corrected chi connectivity index (χ1v) is 39.2. The summed E-state index contributed by atoms with van der Waals surface area (Å²) in [7, 11) is 0.